The van der Waals surface area contributed by atoms with E-state index >= 15 is 0 Å². The van der Waals surface area contributed by atoms with E-state index in [1.54, 1.807) is 26.8 Å². The number of aliphatic carboxylic acids is 1. The van der Waals surface area contributed by atoms with Gasteiger partial charge in [0.1, 0.15) is 5.00 Å². The van der Waals surface area contributed by atoms with Gasteiger partial charge in [-0.05, 0) is 19.4 Å². The first-order valence-corrected chi connectivity index (χ1v) is 7.85. The largest absolute Gasteiger partial charge is 0.481 e. The second-order valence-electron chi connectivity index (χ2n) is 6.06. The van der Waals surface area contributed by atoms with Gasteiger partial charge in [0.2, 0.25) is 5.91 Å². The molecule has 1 heterocycles. The number of hydrogen-bond acceptors (Lipinski definition) is 4. The highest BCUT2D eigenvalue weighted by atomic mass is 32.1. The van der Waals surface area contributed by atoms with Crippen LogP contribution in [-0.2, 0) is 9.59 Å². The van der Waals surface area contributed by atoms with Gasteiger partial charge in [0.25, 0.3) is 5.91 Å². The Bertz CT molecular complexity index is 573. The molecule has 0 aliphatic rings. The Labute approximate surface area is 133 Å². The maximum Gasteiger partial charge on any atom is 0.303 e. The zero-order valence-corrected chi connectivity index (χ0v) is 14.1. The fourth-order valence-electron chi connectivity index (χ4n) is 1.60. The van der Waals surface area contributed by atoms with Crippen LogP contribution in [0.3, 0.4) is 0 Å². The van der Waals surface area contributed by atoms with Gasteiger partial charge in [0.05, 0.1) is 5.56 Å². The summed E-state index contributed by atoms with van der Waals surface area (Å²) in [6.07, 6.45) is 0.379. The summed E-state index contributed by atoms with van der Waals surface area (Å²) in [5.41, 5.74) is -0.136. The molecule has 22 heavy (non-hydrogen) atoms. The average Bonchev–Trinajstić information content (AvgIpc) is 2.74. The fourth-order valence-corrected chi connectivity index (χ4v) is 2.51. The summed E-state index contributed by atoms with van der Waals surface area (Å²) in [5, 5.41) is 14.5. The van der Waals surface area contributed by atoms with Crippen molar-refractivity contribution in [2.24, 2.45) is 5.41 Å². The summed E-state index contributed by atoms with van der Waals surface area (Å²) in [7, 11) is 0. The van der Waals surface area contributed by atoms with Crippen molar-refractivity contribution in [3.63, 3.8) is 0 Å². The second kappa shape index (κ2) is 7.40. The highest BCUT2D eigenvalue weighted by molar-refractivity contribution is 7.16. The number of carbonyl (C=O) groups excluding carboxylic acids is 2. The Morgan fingerprint density at radius 2 is 1.91 bits per heavy atom. The van der Waals surface area contributed by atoms with Crippen LogP contribution in [0.25, 0.3) is 0 Å². The van der Waals surface area contributed by atoms with Crippen LogP contribution in [0.5, 0.6) is 0 Å². The first-order valence-electron chi connectivity index (χ1n) is 7.03. The lowest BCUT2D eigenvalue weighted by Crippen LogP contribution is -2.29. The number of nitrogens with one attached hydrogen (secondary N) is 2. The quantitative estimate of drug-likeness (QED) is 0.700. The highest BCUT2D eigenvalue weighted by Crippen LogP contribution is 2.29. The molecule has 0 aromatic carbocycles. The van der Waals surface area contributed by atoms with Crippen LogP contribution in [0.1, 0.15) is 48.8 Å². The van der Waals surface area contributed by atoms with Crippen LogP contribution in [0.4, 0.5) is 5.00 Å². The number of carboxylic acids is 1. The Morgan fingerprint density at radius 1 is 1.27 bits per heavy atom. The van der Waals surface area contributed by atoms with Crippen LogP contribution in [0.15, 0.2) is 6.07 Å². The van der Waals surface area contributed by atoms with Crippen LogP contribution in [0.2, 0.25) is 0 Å². The smallest absolute Gasteiger partial charge is 0.303 e. The summed E-state index contributed by atoms with van der Waals surface area (Å²) >= 11 is 1.34. The van der Waals surface area contributed by atoms with E-state index in [9.17, 15) is 14.4 Å². The Hall–Kier alpha value is -1.89. The van der Waals surface area contributed by atoms with Crippen LogP contribution in [0, 0.1) is 12.3 Å². The maximum atomic E-state index is 12.2. The van der Waals surface area contributed by atoms with Crippen molar-refractivity contribution in [2.75, 3.05) is 11.9 Å². The van der Waals surface area contributed by atoms with Crippen molar-refractivity contribution in [3.05, 3.63) is 16.5 Å². The fraction of sp³-hybridized carbons (Fsp3) is 0.533. The summed E-state index contributed by atoms with van der Waals surface area (Å²) in [5.74, 6) is -1.35. The van der Waals surface area contributed by atoms with E-state index in [1.807, 2.05) is 6.92 Å². The van der Waals surface area contributed by atoms with Gasteiger partial charge in [-0.3, -0.25) is 14.4 Å². The minimum Gasteiger partial charge on any atom is -0.481 e. The SMILES string of the molecule is Cc1cc(C(=O)NCCCC(=O)O)c(NC(=O)C(C)(C)C)s1. The molecule has 0 aliphatic carbocycles. The highest BCUT2D eigenvalue weighted by Gasteiger charge is 2.24. The van der Waals surface area contributed by atoms with Gasteiger partial charge in [-0.2, -0.15) is 0 Å². The molecule has 1 rings (SSSR count). The average molecular weight is 326 g/mol. The molecule has 0 aliphatic heterocycles. The molecular formula is C15H22N2O4S. The van der Waals surface area contributed by atoms with E-state index in [4.69, 9.17) is 5.11 Å². The van der Waals surface area contributed by atoms with E-state index < -0.39 is 11.4 Å². The Kier molecular flexibility index (Phi) is 6.11. The number of carbonyl (C=O) groups is 3. The van der Waals surface area contributed by atoms with Gasteiger partial charge < -0.3 is 15.7 Å². The van der Waals surface area contributed by atoms with Crippen LogP contribution >= 0.6 is 11.3 Å². The molecule has 2 amide bonds. The van der Waals surface area contributed by atoms with Crippen molar-refractivity contribution in [1.82, 2.24) is 5.32 Å². The molecule has 1 aromatic rings. The van der Waals surface area contributed by atoms with E-state index in [1.165, 1.54) is 11.3 Å². The molecule has 0 fully saturated rings. The lowest BCUT2D eigenvalue weighted by molar-refractivity contribution is -0.137. The number of thiophene rings is 1. The summed E-state index contributed by atoms with van der Waals surface area (Å²) in [6, 6.07) is 1.72. The third-order valence-electron chi connectivity index (χ3n) is 2.86. The zero-order valence-electron chi connectivity index (χ0n) is 13.3. The van der Waals surface area contributed by atoms with Crippen molar-refractivity contribution >= 4 is 34.1 Å². The molecule has 0 radical (unpaired) electrons. The van der Waals surface area contributed by atoms with E-state index in [0.717, 1.165) is 4.88 Å². The third kappa shape index (κ3) is 5.48. The monoisotopic (exact) mass is 326 g/mol. The predicted octanol–water partition coefficient (Wildman–Crippen LogP) is 2.64. The summed E-state index contributed by atoms with van der Waals surface area (Å²) < 4.78 is 0. The molecule has 0 saturated heterocycles. The standard InChI is InChI=1S/C15H22N2O4S/c1-9-8-10(12(20)16-7-5-6-11(18)19)13(22-9)17-14(21)15(2,3)4/h8H,5-7H2,1-4H3,(H,16,20)(H,17,21)(H,18,19). The molecule has 0 atom stereocenters. The van der Waals surface area contributed by atoms with Crippen LogP contribution < -0.4 is 10.6 Å². The van der Waals surface area contributed by atoms with Gasteiger partial charge in [-0.1, -0.05) is 20.8 Å². The first kappa shape index (κ1) is 18.2. The number of rotatable bonds is 6. The number of hydrogen-bond donors (Lipinski definition) is 3. The van der Waals surface area contributed by atoms with E-state index in [0.29, 0.717) is 17.0 Å². The van der Waals surface area contributed by atoms with Gasteiger partial charge in [0.15, 0.2) is 0 Å². The molecule has 3 N–H and O–H groups in total. The van der Waals surface area contributed by atoms with Gasteiger partial charge in [-0.25, -0.2) is 0 Å². The lowest BCUT2D eigenvalue weighted by atomic mass is 9.96. The van der Waals surface area contributed by atoms with Crippen molar-refractivity contribution < 1.29 is 19.5 Å². The second-order valence-corrected chi connectivity index (χ2v) is 7.31. The van der Waals surface area contributed by atoms with Crippen molar-refractivity contribution in [3.8, 4) is 0 Å². The molecule has 0 saturated carbocycles. The van der Waals surface area contributed by atoms with Gasteiger partial charge >= 0.3 is 5.97 Å². The molecular weight excluding hydrogens is 304 g/mol. The number of anilines is 1. The lowest BCUT2D eigenvalue weighted by Gasteiger charge is -2.17. The summed E-state index contributed by atoms with van der Waals surface area (Å²) in [6.45, 7) is 7.54. The van der Waals surface area contributed by atoms with E-state index in [2.05, 4.69) is 10.6 Å². The summed E-state index contributed by atoms with van der Waals surface area (Å²) in [4.78, 5) is 35.5. The van der Waals surface area contributed by atoms with Crippen molar-refractivity contribution in [1.29, 1.82) is 0 Å². The van der Waals surface area contributed by atoms with Crippen molar-refractivity contribution in [2.45, 2.75) is 40.5 Å². The molecule has 7 heteroatoms. The normalized spacial score (nSPS) is 11.1. The molecule has 6 nitrogen and oxygen atoms in total. The minimum absolute atomic E-state index is 0.0105. The molecule has 122 valence electrons. The Morgan fingerprint density at radius 3 is 2.45 bits per heavy atom. The predicted molar refractivity (Wildman–Crippen MR) is 86.3 cm³/mol. The number of amides is 2. The molecule has 0 bridgehead atoms. The van der Waals surface area contributed by atoms with E-state index in [-0.39, 0.29) is 24.8 Å². The molecule has 1 aromatic heterocycles. The zero-order chi connectivity index (χ0) is 16.9. The topological polar surface area (TPSA) is 95.5 Å². The first-order chi connectivity index (χ1) is 10.1. The Balaban J connectivity index is 2.72. The van der Waals surface area contributed by atoms with Gasteiger partial charge in [0, 0.05) is 23.3 Å². The molecule has 0 unspecified atom stereocenters. The van der Waals surface area contributed by atoms with Gasteiger partial charge in [-0.15, -0.1) is 11.3 Å². The maximum absolute atomic E-state index is 12.2. The third-order valence-corrected chi connectivity index (χ3v) is 3.83. The minimum atomic E-state index is -0.890. The number of carboxylic acid groups (broad SMARTS) is 1. The van der Waals surface area contributed by atoms with Crippen LogP contribution in [-0.4, -0.2) is 29.4 Å². The molecule has 0 spiro atoms. The number of aryl methyl sites for hydroxylation is 1.